The third-order valence-electron chi connectivity index (χ3n) is 2.61. The molecular weight excluding hydrogens is 244 g/mol. The van der Waals surface area contributed by atoms with Crippen molar-refractivity contribution >= 4 is 11.9 Å². The first-order valence-electron chi connectivity index (χ1n) is 6.26. The summed E-state index contributed by atoms with van der Waals surface area (Å²) in [6.45, 7) is 6.04. The molecule has 0 fully saturated rings. The van der Waals surface area contributed by atoms with Gasteiger partial charge in [-0.1, -0.05) is 12.1 Å². The first-order chi connectivity index (χ1) is 8.90. The first kappa shape index (κ1) is 15.2. The number of nitrogens with one attached hydrogen (secondary N) is 2. The molecule has 0 spiro atoms. The van der Waals surface area contributed by atoms with Crippen molar-refractivity contribution in [2.75, 3.05) is 0 Å². The Bertz CT molecular complexity index is 458. The minimum Gasteiger partial charge on any atom is -0.478 e. The molecule has 1 aromatic rings. The lowest BCUT2D eigenvalue weighted by Crippen LogP contribution is -2.44. The van der Waals surface area contributed by atoms with E-state index in [4.69, 9.17) is 5.11 Å². The van der Waals surface area contributed by atoms with Gasteiger partial charge in [-0.2, -0.15) is 0 Å². The Labute approximate surface area is 113 Å². The van der Waals surface area contributed by atoms with E-state index in [1.54, 1.807) is 25.1 Å². The van der Waals surface area contributed by atoms with Crippen LogP contribution in [0.3, 0.4) is 0 Å². The molecule has 0 saturated carbocycles. The zero-order chi connectivity index (χ0) is 14.4. The molecule has 1 aromatic carbocycles. The summed E-state index contributed by atoms with van der Waals surface area (Å²) in [6, 6.07) is 6.44. The lowest BCUT2D eigenvalue weighted by Gasteiger charge is -2.16. The van der Waals surface area contributed by atoms with Crippen molar-refractivity contribution in [1.82, 2.24) is 10.6 Å². The van der Waals surface area contributed by atoms with Crippen molar-refractivity contribution in [3.05, 3.63) is 35.4 Å². The second kappa shape index (κ2) is 6.89. The van der Waals surface area contributed by atoms with E-state index in [1.807, 2.05) is 19.9 Å². The van der Waals surface area contributed by atoms with E-state index in [0.717, 1.165) is 5.56 Å². The summed E-state index contributed by atoms with van der Waals surface area (Å²) in [5.41, 5.74) is 1.09. The van der Waals surface area contributed by atoms with E-state index in [2.05, 4.69) is 10.6 Å². The number of hydrogen-bond donors (Lipinski definition) is 3. The maximum absolute atomic E-state index is 11.7. The zero-order valence-corrected chi connectivity index (χ0v) is 11.4. The molecule has 3 N–H and O–H groups in total. The number of carboxylic acid groups (broad SMARTS) is 1. The van der Waals surface area contributed by atoms with Gasteiger partial charge >= 0.3 is 5.97 Å². The molecule has 0 bridgehead atoms. The third kappa shape index (κ3) is 5.09. The van der Waals surface area contributed by atoms with Crippen LogP contribution in [-0.4, -0.2) is 29.1 Å². The lowest BCUT2D eigenvalue weighted by molar-refractivity contribution is -0.123. The highest BCUT2D eigenvalue weighted by Gasteiger charge is 2.13. The number of carboxylic acids is 1. The van der Waals surface area contributed by atoms with Crippen LogP contribution in [0.4, 0.5) is 0 Å². The van der Waals surface area contributed by atoms with Gasteiger partial charge < -0.3 is 15.7 Å². The third-order valence-corrected chi connectivity index (χ3v) is 2.61. The predicted molar refractivity (Wildman–Crippen MR) is 73.0 cm³/mol. The highest BCUT2D eigenvalue weighted by atomic mass is 16.4. The number of carbonyl (C=O) groups excluding carboxylic acids is 1. The van der Waals surface area contributed by atoms with Gasteiger partial charge in [-0.15, -0.1) is 0 Å². The van der Waals surface area contributed by atoms with E-state index in [9.17, 15) is 9.59 Å². The fourth-order valence-electron chi connectivity index (χ4n) is 1.59. The Morgan fingerprint density at radius 1 is 1.26 bits per heavy atom. The van der Waals surface area contributed by atoms with Crippen molar-refractivity contribution in [3.8, 4) is 0 Å². The van der Waals surface area contributed by atoms with Crippen LogP contribution in [0.1, 0.15) is 36.7 Å². The van der Waals surface area contributed by atoms with Gasteiger partial charge in [-0.05, 0) is 38.5 Å². The molecule has 104 valence electrons. The highest BCUT2D eigenvalue weighted by molar-refractivity contribution is 5.87. The van der Waals surface area contributed by atoms with Gasteiger partial charge in [0.2, 0.25) is 5.91 Å². The second-order valence-electron chi connectivity index (χ2n) is 4.77. The van der Waals surface area contributed by atoms with Crippen LogP contribution >= 0.6 is 0 Å². The van der Waals surface area contributed by atoms with Crippen LogP contribution in [0.15, 0.2) is 24.3 Å². The van der Waals surface area contributed by atoms with Crippen molar-refractivity contribution < 1.29 is 14.7 Å². The standard InChI is InChI=1S/C14H20N2O3/c1-9(2)16-13(17)10(3)15-8-11-5-4-6-12(7-11)14(18)19/h4-7,9-10,15H,8H2,1-3H3,(H,16,17)(H,18,19). The smallest absolute Gasteiger partial charge is 0.335 e. The quantitative estimate of drug-likeness (QED) is 0.725. The molecular formula is C14H20N2O3. The van der Waals surface area contributed by atoms with Crippen LogP contribution in [0.5, 0.6) is 0 Å². The monoisotopic (exact) mass is 264 g/mol. The summed E-state index contributed by atoms with van der Waals surface area (Å²) >= 11 is 0. The van der Waals surface area contributed by atoms with Gasteiger partial charge in [0.25, 0.3) is 0 Å². The molecule has 0 aromatic heterocycles. The summed E-state index contributed by atoms with van der Waals surface area (Å²) in [5.74, 6) is -1.02. The van der Waals surface area contributed by atoms with E-state index >= 15 is 0 Å². The molecule has 5 nitrogen and oxygen atoms in total. The molecule has 0 saturated heterocycles. The Kier molecular flexibility index (Phi) is 5.51. The first-order valence-corrected chi connectivity index (χ1v) is 6.26. The minimum atomic E-state index is -0.951. The summed E-state index contributed by atoms with van der Waals surface area (Å²) in [5, 5.41) is 14.8. The van der Waals surface area contributed by atoms with Crippen LogP contribution in [-0.2, 0) is 11.3 Å². The molecule has 19 heavy (non-hydrogen) atoms. The van der Waals surface area contributed by atoms with Crippen LogP contribution in [0.25, 0.3) is 0 Å². The van der Waals surface area contributed by atoms with Gasteiger partial charge in [0.15, 0.2) is 0 Å². The zero-order valence-electron chi connectivity index (χ0n) is 11.4. The fraction of sp³-hybridized carbons (Fsp3) is 0.429. The normalized spacial score (nSPS) is 12.2. The maximum atomic E-state index is 11.7. The average molecular weight is 264 g/mol. The summed E-state index contributed by atoms with van der Waals surface area (Å²) < 4.78 is 0. The number of rotatable bonds is 6. The summed E-state index contributed by atoms with van der Waals surface area (Å²) in [7, 11) is 0. The molecule has 0 radical (unpaired) electrons. The second-order valence-corrected chi connectivity index (χ2v) is 4.77. The van der Waals surface area contributed by atoms with E-state index in [0.29, 0.717) is 6.54 Å². The van der Waals surface area contributed by atoms with Crippen LogP contribution in [0, 0.1) is 0 Å². The van der Waals surface area contributed by atoms with Crippen molar-refractivity contribution in [3.63, 3.8) is 0 Å². The molecule has 5 heteroatoms. The number of hydrogen-bond acceptors (Lipinski definition) is 3. The van der Waals surface area contributed by atoms with Crippen molar-refractivity contribution in [2.45, 2.75) is 39.4 Å². The number of carbonyl (C=O) groups is 2. The van der Waals surface area contributed by atoms with Gasteiger partial charge in [0, 0.05) is 12.6 Å². The number of aromatic carboxylic acids is 1. The molecule has 1 rings (SSSR count). The van der Waals surface area contributed by atoms with Crippen molar-refractivity contribution in [2.24, 2.45) is 0 Å². The predicted octanol–water partition coefficient (Wildman–Crippen LogP) is 1.39. The number of amides is 1. The molecule has 0 heterocycles. The number of benzene rings is 1. The molecule has 1 amide bonds. The molecule has 1 unspecified atom stereocenters. The maximum Gasteiger partial charge on any atom is 0.335 e. The fourth-order valence-corrected chi connectivity index (χ4v) is 1.59. The molecule has 0 aliphatic heterocycles. The Hall–Kier alpha value is -1.88. The van der Waals surface area contributed by atoms with Crippen LogP contribution in [0.2, 0.25) is 0 Å². The van der Waals surface area contributed by atoms with E-state index < -0.39 is 5.97 Å². The molecule has 0 aliphatic carbocycles. The Morgan fingerprint density at radius 3 is 2.53 bits per heavy atom. The molecule has 1 atom stereocenters. The lowest BCUT2D eigenvalue weighted by atomic mass is 10.1. The SMILES string of the molecule is CC(C)NC(=O)C(C)NCc1cccc(C(=O)O)c1. The van der Waals surface area contributed by atoms with Gasteiger partial charge in [0.05, 0.1) is 11.6 Å². The molecule has 0 aliphatic rings. The highest BCUT2D eigenvalue weighted by Crippen LogP contribution is 2.05. The Morgan fingerprint density at radius 2 is 1.95 bits per heavy atom. The van der Waals surface area contributed by atoms with Gasteiger partial charge in [0.1, 0.15) is 0 Å². The van der Waals surface area contributed by atoms with Gasteiger partial charge in [-0.3, -0.25) is 4.79 Å². The summed E-state index contributed by atoms with van der Waals surface area (Å²) in [4.78, 5) is 22.5. The van der Waals surface area contributed by atoms with Crippen LogP contribution < -0.4 is 10.6 Å². The van der Waals surface area contributed by atoms with Gasteiger partial charge in [-0.25, -0.2) is 4.79 Å². The Balaban J connectivity index is 2.54. The minimum absolute atomic E-state index is 0.0654. The largest absolute Gasteiger partial charge is 0.478 e. The van der Waals surface area contributed by atoms with E-state index in [1.165, 1.54) is 0 Å². The average Bonchev–Trinajstić information content (AvgIpc) is 2.35. The summed E-state index contributed by atoms with van der Waals surface area (Å²) in [6.07, 6.45) is 0. The topological polar surface area (TPSA) is 78.4 Å². The van der Waals surface area contributed by atoms with E-state index in [-0.39, 0.29) is 23.6 Å². The van der Waals surface area contributed by atoms with Crippen molar-refractivity contribution in [1.29, 1.82) is 0 Å².